The Bertz CT molecular complexity index is 543. The second-order valence-electron chi connectivity index (χ2n) is 3.36. The van der Waals surface area contributed by atoms with Gasteiger partial charge in [0.2, 0.25) is 0 Å². The number of aromatic carboxylic acids is 1. The molecule has 1 aromatic rings. The van der Waals surface area contributed by atoms with Crippen molar-refractivity contribution in [2.45, 2.75) is 0 Å². The highest BCUT2D eigenvalue weighted by molar-refractivity contribution is 5.97. The van der Waals surface area contributed by atoms with Gasteiger partial charge in [-0.2, -0.15) is 0 Å². The van der Waals surface area contributed by atoms with Gasteiger partial charge < -0.3 is 25.2 Å². The molecule has 0 atom stereocenters. The number of carboxylic acid groups (broad SMARTS) is 3. The molecule has 1 rings (SSSR count). The fourth-order valence-corrected chi connectivity index (χ4v) is 1.28. The molecule has 0 fully saturated rings. The summed E-state index contributed by atoms with van der Waals surface area (Å²) in [5.41, 5.74) is -0.451. The van der Waals surface area contributed by atoms with Gasteiger partial charge in [-0.05, 0) is 6.07 Å². The van der Waals surface area contributed by atoms with Crippen molar-refractivity contribution in [1.82, 2.24) is 4.57 Å². The van der Waals surface area contributed by atoms with Crippen molar-refractivity contribution in [3.8, 4) is 0 Å². The topological polar surface area (TPSA) is 129 Å². The fourth-order valence-electron chi connectivity index (χ4n) is 1.28. The third-order valence-corrected chi connectivity index (χ3v) is 2.00. The van der Waals surface area contributed by atoms with Crippen molar-refractivity contribution in [2.24, 2.45) is 7.05 Å². The van der Waals surface area contributed by atoms with E-state index in [1.807, 2.05) is 0 Å². The summed E-state index contributed by atoms with van der Waals surface area (Å²) in [4.78, 5) is 31.9. The van der Waals surface area contributed by atoms with Gasteiger partial charge in [0.25, 0.3) is 0 Å². The van der Waals surface area contributed by atoms with Gasteiger partial charge in [0, 0.05) is 13.2 Å². The average Bonchev–Trinajstić information content (AvgIpc) is 2.57. The predicted molar refractivity (Wildman–Crippen MR) is 59.3 cm³/mol. The number of hydrogen-bond donors (Lipinski definition) is 4. The molecule has 0 saturated carbocycles. The molecule has 0 aliphatic rings. The van der Waals surface area contributed by atoms with Gasteiger partial charge in [0.1, 0.15) is 11.4 Å². The van der Waals surface area contributed by atoms with Gasteiger partial charge in [0.15, 0.2) is 0 Å². The summed E-state index contributed by atoms with van der Waals surface area (Å²) in [6.45, 7) is 0. The van der Waals surface area contributed by atoms with E-state index in [9.17, 15) is 14.4 Å². The van der Waals surface area contributed by atoms with Crippen molar-refractivity contribution in [3.05, 3.63) is 29.7 Å². The van der Waals surface area contributed by atoms with Crippen LogP contribution >= 0.6 is 0 Å². The van der Waals surface area contributed by atoms with E-state index in [4.69, 9.17) is 15.3 Å². The summed E-state index contributed by atoms with van der Waals surface area (Å²) in [5.74, 6) is -4.06. The standard InChI is InChI=1S/C10H10N2O6/c1-12-4-5(2-7(12)10(17)18)11-6(9(15)16)3-8(13)14/h2-4,11H,1H3,(H,13,14)(H,15,16)(H,17,18)/b6-3+. The minimum absolute atomic E-state index is 0.0578. The quantitative estimate of drug-likeness (QED) is 0.552. The summed E-state index contributed by atoms with van der Waals surface area (Å²) >= 11 is 0. The molecule has 0 amide bonds. The maximum atomic E-state index is 10.8. The number of hydrogen-bond acceptors (Lipinski definition) is 4. The monoisotopic (exact) mass is 254 g/mol. The van der Waals surface area contributed by atoms with Crippen LogP contribution in [0.25, 0.3) is 0 Å². The lowest BCUT2D eigenvalue weighted by Crippen LogP contribution is -2.12. The lowest BCUT2D eigenvalue weighted by atomic mass is 10.3. The Hall–Kier alpha value is -2.77. The van der Waals surface area contributed by atoms with Crippen LogP contribution in [0.2, 0.25) is 0 Å². The van der Waals surface area contributed by atoms with Crippen molar-refractivity contribution in [2.75, 3.05) is 5.32 Å². The van der Waals surface area contributed by atoms with E-state index in [1.54, 1.807) is 0 Å². The summed E-state index contributed by atoms with van der Waals surface area (Å²) in [6, 6.07) is 1.20. The molecule has 96 valence electrons. The molecule has 18 heavy (non-hydrogen) atoms. The van der Waals surface area contributed by atoms with Gasteiger partial charge in [-0.1, -0.05) is 0 Å². The molecule has 1 aromatic heterocycles. The molecule has 0 aliphatic heterocycles. The fraction of sp³-hybridized carbons (Fsp3) is 0.100. The third kappa shape index (κ3) is 3.11. The molecule has 0 aromatic carbocycles. The van der Waals surface area contributed by atoms with Crippen LogP contribution in [0.5, 0.6) is 0 Å². The smallest absolute Gasteiger partial charge is 0.352 e. The largest absolute Gasteiger partial charge is 0.478 e. The minimum Gasteiger partial charge on any atom is -0.478 e. The van der Waals surface area contributed by atoms with Crippen LogP contribution in [0.3, 0.4) is 0 Å². The highest BCUT2D eigenvalue weighted by Crippen LogP contribution is 2.15. The van der Waals surface area contributed by atoms with Gasteiger partial charge in [-0.25, -0.2) is 14.4 Å². The number of aryl methyl sites for hydroxylation is 1. The number of anilines is 1. The highest BCUT2D eigenvalue weighted by atomic mass is 16.4. The first-order valence-electron chi connectivity index (χ1n) is 4.66. The van der Waals surface area contributed by atoms with E-state index in [0.717, 1.165) is 0 Å². The Labute approximate surface area is 101 Å². The van der Waals surface area contributed by atoms with Gasteiger partial charge in [0.05, 0.1) is 11.8 Å². The van der Waals surface area contributed by atoms with Crippen molar-refractivity contribution >= 4 is 23.6 Å². The van der Waals surface area contributed by atoms with Gasteiger partial charge >= 0.3 is 17.9 Å². The number of carbonyl (C=O) groups is 3. The molecule has 0 aliphatic carbocycles. The third-order valence-electron chi connectivity index (χ3n) is 2.00. The van der Waals surface area contributed by atoms with Crippen molar-refractivity contribution in [1.29, 1.82) is 0 Å². The van der Waals surface area contributed by atoms with Crippen molar-refractivity contribution in [3.63, 3.8) is 0 Å². The number of carboxylic acids is 3. The Morgan fingerprint density at radius 2 is 1.89 bits per heavy atom. The van der Waals surface area contributed by atoms with Gasteiger partial charge in [-0.3, -0.25) is 0 Å². The van der Waals surface area contributed by atoms with Crippen LogP contribution in [0.4, 0.5) is 5.69 Å². The van der Waals surface area contributed by atoms with Crippen LogP contribution in [0.15, 0.2) is 24.0 Å². The lowest BCUT2D eigenvalue weighted by Gasteiger charge is -2.02. The van der Waals surface area contributed by atoms with Crippen LogP contribution in [-0.4, -0.2) is 37.8 Å². The normalized spacial score (nSPS) is 11.1. The summed E-state index contributed by atoms with van der Waals surface area (Å²) in [7, 11) is 1.47. The highest BCUT2D eigenvalue weighted by Gasteiger charge is 2.14. The molecule has 0 saturated heterocycles. The van der Waals surface area contributed by atoms with Crippen LogP contribution < -0.4 is 5.32 Å². The molecular formula is C10H10N2O6. The Morgan fingerprint density at radius 1 is 1.28 bits per heavy atom. The Kier molecular flexibility index (Phi) is 3.72. The second kappa shape index (κ2) is 5.04. The minimum atomic E-state index is -1.46. The zero-order valence-electron chi connectivity index (χ0n) is 9.25. The summed E-state index contributed by atoms with van der Waals surface area (Å²) in [6.07, 6.45) is 1.82. The molecule has 0 radical (unpaired) electrons. The maximum absolute atomic E-state index is 10.8. The molecule has 4 N–H and O–H groups in total. The summed E-state index contributed by atoms with van der Waals surface area (Å²) in [5, 5.41) is 28.3. The van der Waals surface area contributed by atoms with Crippen LogP contribution in [-0.2, 0) is 16.6 Å². The van der Waals surface area contributed by atoms with E-state index in [2.05, 4.69) is 5.32 Å². The Morgan fingerprint density at radius 3 is 2.28 bits per heavy atom. The molecule has 0 unspecified atom stereocenters. The number of aromatic nitrogens is 1. The first-order valence-corrected chi connectivity index (χ1v) is 4.66. The maximum Gasteiger partial charge on any atom is 0.352 e. The molecular weight excluding hydrogens is 244 g/mol. The van der Waals surface area contributed by atoms with E-state index >= 15 is 0 Å². The zero-order valence-corrected chi connectivity index (χ0v) is 9.25. The van der Waals surface area contributed by atoms with Crippen LogP contribution in [0, 0.1) is 0 Å². The average molecular weight is 254 g/mol. The zero-order chi connectivity index (χ0) is 13.9. The van der Waals surface area contributed by atoms with E-state index in [1.165, 1.54) is 23.9 Å². The molecule has 0 spiro atoms. The number of aliphatic carboxylic acids is 2. The SMILES string of the molecule is Cn1cc(N/C(=C/C(=O)O)C(=O)O)cc1C(=O)O. The lowest BCUT2D eigenvalue weighted by molar-refractivity contribution is -0.134. The van der Waals surface area contributed by atoms with Gasteiger partial charge in [-0.15, -0.1) is 0 Å². The molecule has 1 heterocycles. The molecule has 8 nitrogen and oxygen atoms in total. The molecule has 8 heteroatoms. The number of nitrogens with one attached hydrogen (secondary N) is 1. The van der Waals surface area contributed by atoms with Crippen molar-refractivity contribution < 1.29 is 29.7 Å². The number of rotatable bonds is 5. The first kappa shape index (κ1) is 13.3. The van der Waals surface area contributed by atoms with E-state index < -0.39 is 23.6 Å². The summed E-state index contributed by atoms with van der Waals surface area (Å²) < 4.78 is 1.27. The Balaban J connectivity index is 3.02. The van der Waals surface area contributed by atoms with E-state index in [0.29, 0.717) is 6.08 Å². The molecule has 0 bridgehead atoms. The first-order chi connectivity index (χ1) is 8.31. The number of nitrogens with zero attached hydrogens (tertiary/aromatic N) is 1. The predicted octanol–water partition coefficient (Wildman–Crippen LogP) is 0.188. The van der Waals surface area contributed by atoms with Crippen LogP contribution in [0.1, 0.15) is 10.5 Å². The van der Waals surface area contributed by atoms with E-state index in [-0.39, 0.29) is 11.4 Å². The second-order valence-corrected chi connectivity index (χ2v) is 3.36.